The third kappa shape index (κ3) is 5.91. The Bertz CT molecular complexity index is 715. The Morgan fingerprint density at radius 1 is 1.19 bits per heavy atom. The Morgan fingerprint density at radius 2 is 2.04 bits per heavy atom. The molecule has 0 amide bonds. The lowest BCUT2D eigenvalue weighted by Gasteiger charge is -2.13. The van der Waals surface area contributed by atoms with Crippen LogP contribution in [0.3, 0.4) is 0 Å². The summed E-state index contributed by atoms with van der Waals surface area (Å²) in [5.74, 6) is 2.49. The minimum Gasteiger partial charge on any atom is -0.497 e. The predicted molar refractivity (Wildman–Crippen MR) is 108 cm³/mol. The maximum atomic E-state index is 5.43. The maximum Gasteiger partial charge on any atom is 0.191 e. The lowest BCUT2D eigenvalue weighted by molar-refractivity contribution is 0.398. The molecule has 0 aliphatic rings. The van der Waals surface area contributed by atoms with Crippen LogP contribution in [0.1, 0.15) is 29.3 Å². The topological polar surface area (TPSA) is 67.8 Å². The Balaban J connectivity index is 1.94. The van der Waals surface area contributed by atoms with Crippen molar-refractivity contribution in [2.75, 3.05) is 27.3 Å². The van der Waals surface area contributed by atoms with E-state index < -0.39 is 0 Å². The van der Waals surface area contributed by atoms with E-state index in [4.69, 9.17) is 9.47 Å². The molecule has 142 valence electrons. The molecular formula is C19H28N4O2S. The van der Waals surface area contributed by atoms with Crippen molar-refractivity contribution >= 4 is 17.3 Å². The highest BCUT2D eigenvalue weighted by Gasteiger charge is 2.06. The number of aliphatic imine (C=N–C) groups is 1. The molecule has 2 rings (SSSR count). The molecule has 0 atom stereocenters. The van der Waals surface area contributed by atoms with E-state index in [1.165, 1.54) is 4.88 Å². The molecule has 1 aromatic carbocycles. The molecule has 2 aromatic rings. The average molecular weight is 377 g/mol. The minimum atomic E-state index is 0.586. The van der Waals surface area contributed by atoms with Crippen molar-refractivity contribution in [1.29, 1.82) is 0 Å². The summed E-state index contributed by atoms with van der Waals surface area (Å²) in [6.45, 7) is 6.34. The van der Waals surface area contributed by atoms with Crippen molar-refractivity contribution in [3.05, 3.63) is 39.8 Å². The summed E-state index contributed by atoms with van der Waals surface area (Å²) in [7, 11) is 3.35. The van der Waals surface area contributed by atoms with Crippen LogP contribution >= 0.6 is 11.3 Å². The van der Waals surface area contributed by atoms with Gasteiger partial charge in [-0.25, -0.2) is 9.98 Å². The number of thiazole rings is 1. The molecule has 0 unspecified atom stereocenters. The van der Waals surface area contributed by atoms with Crippen LogP contribution in [0.25, 0.3) is 0 Å². The summed E-state index contributed by atoms with van der Waals surface area (Å²) in [5.41, 5.74) is 1.10. The van der Waals surface area contributed by atoms with Gasteiger partial charge in [0.05, 0.1) is 20.8 Å². The Hall–Kier alpha value is -2.28. The molecule has 7 heteroatoms. The van der Waals surface area contributed by atoms with Crippen molar-refractivity contribution < 1.29 is 9.47 Å². The van der Waals surface area contributed by atoms with Gasteiger partial charge in [-0.05, 0) is 43.5 Å². The summed E-state index contributed by atoms with van der Waals surface area (Å²) < 4.78 is 10.7. The molecule has 0 saturated carbocycles. The number of nitrogens with zero attached hydrogens (tertiary/aromatic N) is 2. The van der Waals surface area contributed by atoms with Crippen molar-refractivity contribution in [1.82, 2.24) is 15.6 Å². The molecule has 1 aromatic heterocycles. The van der Waals surface area contributed by atoms with Gasteiger partial charge < -0.3 is 20.1 Å². The van der Waals surface area contributed by atoms with Gasteiger partial charge in [0.2, 0.25) is 0 Å². The first-order valence-corrected chi connectivity index (χ1v) is 9.68. The van der Waals surface area contributed by atoms with Crippen LogP contribution in [0.15, 0.2) is 29.4 Å². The first kappa shape index (κ1) is 20.0. The lowest BCUT2D eigenvalue weighted by Crippen LogP contribution is -2.38. The van der Waals surface area contributed by atoms with Crippen LogP contribution in [0.4, 0.5) is 0 Å². The van der Waals surface area contributed by atoms with Gasteiger partial charge >= 0.3 is 0 Å². The number of rotatable bonds is 9. The number of aryl methyl sites for hydroxylation is 1. The third-order valence-corrected chi connectivity index (χ3v) is 4.97. The normalized spacial score (nSPS) is 11.3. The number of methoxy groups -OCH3 is 2. The van der Waals surface area contributed by atoms with Crippen LogP contribution in [-0.2, 0) is 19.4 Å². The van der Waals surface area contributed by atoms with E-state index in [0.717, 1.165) is 54.0 Å². The first-order chi connectivity index (χ1) is 12.7. The van der Waals surface area contributed by atoms with E-state index in [9.17, 15) is 0 Å². The SMILES string of the molecule is CCNC(=NCc1ncc(CC)s1)NCCc1cc(OC)ccc1OC. The Morgan fingerprint density at radius 3 is 2.69 bits per heavy atom. The van der Waals surface area contributed by atoms with Gasteiger partial charge in [0.1, 0.15) is 16.5 Å². The predicted octanol–water partition coefficient (Wildman–Crippen LogP) is 3.02. The summed E-state index contributed by atoms with van der Waals surface area (Å²) in [6, 6.07) is 5.84. The highest BCUT2D eigenvalue weighted by Crippen LogP contribution is 2.24. The minimum absolute atomic E-state index is 0.586. The second kappa shape index (κ2) is 10.7. The zero-order valence-electron chi connectivity index (χ0n) is 16.0. The highest BCUT2D eigenvalue weighted by atomic mass is 32.1. The van der Waals surface area contributed by atoms with E-state index in [1.807, 2.05) is 24.4 Å². The second-order valence-electron chi connectivity index (χ2n) is 5.62. The molecule has 0 radical (unpaired) electrons. The van der Waals surface area contributed by atoms with Crippen LogP contribution in [0.2, 0.25) is 0 Å². The molecule has 0 aliphatic carbocycles. The molecule has 6 nitrogen and oxygen atoms in total. The van der Waals surface area contributed by atoms with Crippen LogP contribution < -0.4 is 20.1 Å². The van der Waals surface area contributed by atoms with Gasteiger partial charge in [-0.3, -0.25) is 0 Å². The number of benzene rings is 1. The highest BCUT2D eigenvalue weighted by molar-refractivity contribution is 7.11. The van der Waals surface area contributed by atoms with Gasteiger partial charge in [0, 0.05) is 24.2 Å². The van der Waals surface area contributed by atoms with Crippen LogP contribution in [0.5, 0.6) is 11.5 Å². The largest absolute Gasteiger partial charge is 0.497 e. The fourth-order valence-electron chi connectivity index (χ4n) is 2.47. The quantitative estimate of drug-likeness (QED) is 0.520. The zero-order valence-corrected chi connectivity index (χ0v) is 16.8. The number of nitrogens with one attached hydrogen (secondary N) is 2. The number of guanidine groups is 1. The van der Waals surface area contributed by atoms with E-state index in [1.54, 1.807) is 25.6 Å². The van der Waals surface area contributed by atoms with Crippen molar-refractivity contribution in [3.8, 4) is 11.5 Å². The smallest absolute Gasteiger partial charge is 0.191 e. The molecule has 2 N–H and O–H groups in total. The lowest BCUT2D eigenvalue weighted by atomic mass is 10.1. The molecule has 0 fully saturated rings. The molecule has 0 aliphatic heterocycles. The fourth-order valence-corrected chi connectivity index (χ4v) is 3.25. The van der Waals surface area contributed by atoms with Crippen LogP contribution in [-0.4, -0.2) is 38.3 Å². The van der Waals surface area contributed by atoms with Gasteiger partial charge in [0.15, 0.2) is 5.96 Å². The number of hydrogen-bond acceptors (Lipinski definition) is 5. The Kier molecular flexibility index (Phi) is 8.21. The molecule has 1 heterocycles. The molecular weight excluding hydrogens is 348 g/mol. The van der Waals surface area contributed by atoms with Crippen molar-refractivity contribution in [3.63, 3.8) is 0 Å². The monoisotopic (exact) mass is 376 g/mol. The number of ether oxygens (including phenoxy) is 2. The maximum absolute atomic E-state index is 5.43. The van der Waals surface area contributed by atoms with Gasteiger partial charge in [-0.15, -0.1) is 11.3 Å². The molecule has 0 saturated heterocycles. The van der Waals surface area contributed by atoms with E-state index in [-0.39, 0.29) is 0 Å². The first-order valence-electron chi connectivity index (χ1n) is 8.86. The number of aromatic nitrogens is 1. The van der Waals surface area contributed by atoms with Crippen LogP contribution in [0, 0.1) is 0 Å². The summed E-state index contributed by atoms with van der Waals surface area (Å²) in [4.78, 5) is 10.3. The van der Waals surface area contributed by atoms with E-state index >= 15 is 0 Å². The van der Waals surface area contributed by atoms with Gasteiger partial charge in [-0.2, -0.15) is 0 Å². The third-order valence-electron chi connectivity index (χ3n) is 3.84. The van der Waals surface area contributed by atoms with Crippen molar-refractivity contribution in [2.24, 2.45) is 4.99 Å². The van der Waals surface area contributed by atoms with E-state index in [2.05, 4.69) is 34.5 Å². The van der Waals surface area contributed by atoms with Gasteiger partial charge in [0.25, 0.3) is 0 Å². The van der Waals surface area contributed by atoms with E-state index in [0.29, 0.717) is 6.54 Å². The van der Waals surface area contributed by atoms with Gasteiger partial charge in [-0.1, -0.05) is 6.92 Å². The number of hydrogen-bond donors (Lipinski definition) is 2. The molecule has 0 bridgehead atoms. The Labute approximate surface area is 159 Å². The average Bonchev–Trinajstić information content (AvgIpc) is 3.14. The summed E-state index contributed by atoms with van der Waals surface area (Å²) in [6.07, 6.45) is 3.76. The fraction of sp³-hybridized carbons (Fsp3) is 0.474. The zero-order chi connectivity index (χ0) is 18.8. The second-order valence-corrected chi connectivity index (χ2v) is 6.82. The molecule has 26 heavy (non-hydrogen) atoms. The standard InChI is InChI=1S/C19H28N4O2S/c1-5-16-12-22-18(26-16)13-23-19(20-6-2)21-10-9-14-11-15(24-3)7-8-17(14)25-4/h7-8,11-12H,5-6,9-10,13H2,1-4H3,(H2,20,21,23). The molecule has 0 spiro atoms. The van der Waals surface area contributed by atoms with Crippen molar-refractivity contribution in [2.45, 2.75) is 33.2 Å². The summed E-state index contributed by atoms with van der Waals surface area (Å²) >= 11 is 1.72. The summed E-state index contributed by atoms with van der Waals surface area (Å²) in [5, 5.41) is 7.67.